The molecule has 0 aliphatic carbocycles. The number of rotatable bonds is 6. The van der Waals surface area contributed by atoms with Gasteiger partial charge in [-0.15, -0.1) is 6.42 Å². The molecule has 0 aromatic rings. The van der Waals surface area contributed by atoms with Crippen LogP contribution in [0.1, 0.15) is 6.92 Å². The summed E-state index contributed by atoms with van der Waals surface area (Å²) >= 11 is 0. The van der Waals surface area contributed by atoms with Crippen LogP contribution in [0.25, 0.3) is 0 Å². The Morgan fingerprint density at radius 1 is 1.42 bits per heavy atom. The number of piperazine rings is 1. The van der Waals surface area contributed by atoms with E-state index in [2.05, 4.69) is 10.8 Å². The van der Waals surface area contributed by atoms with Gasteiger partial charge >= 0.3 is 6.09 Å². The van der Waals surface area contributed by atoms with Crippen LogP contribution < -0.4 is 0 Å². The number of aliphatic hydroxyl groups excluding tert-OH is 1. The van der Waals surface area contributed by atoms with Gasteiger partial charge in [0.1, 0.15) is 6.61 Å². The van der Waals surface area contributed by atoms with Crippen LogP contribution in [-0.2, 0) is 9.47 Å². The Morgan fingerprint density at radius 3 is 2.68 bits per heavy atom. The summed E-state index contributed by atoms with van der Waals surface area (Å²) in [6, 6.07) is 0. The zero-order chi connectivity index (χ0) is 14.1. The van der Waals surface area contributed by atoms with Crippen LogP contribution in [0.3, 0.4) is 0 Å². The molecule has 0 bridgehead atoms. The zero-order valence-electron chi connectivity index (χ0n) is 11.4. The first-order valence-corrected chi connectivity index (χ1v) is 6.50. The van der Waals surface area contributed by atoms with E-state index in [9.17, 15) is 9.90 Å². The lowest BCUT2D eigenvalue weighted by molar-refractivity contribution is 0.0152. The first-order chi connectivity index (χ1) is 9.17. The fourth-order valence-electron chi connectivity index (χ4n) is 1.93. The number of aliphatic hydroxyl groups is 1. The molecule has 1 heterocycles. The highest BCUT2D eigenvalue weighted by Crippen LogP contribution is 2.04. The molecule has 1 saturated heterocycles. The van der Waals surface area contributed by atoms with Crippen LogP contribution in [0.15, 0.2) is 0 Å². The molecule has 0 radical (unpaired) electrons. The molecule has 1 N–H and O–H groups in total. The maximum atomic E-state index is 11.5. The number of hydrogen-bond acceptors (Lipinski definition) is 5. The van der Waals surface area contributed by atoms with Crippen molar-refractivity contribution < 1.29 is 19.4 Å². The Labute approximate surface area is 114 Å². The molecule has 1 fully saturated rings. The number of ether oxygens (including phenoxy) is 2. The van der Waals surface area contributed by atoms with E-state index in [4.69, 9.17) is 15.9 Å². The van der Waals surface area contributed by atoms with Gasteiger partial charge in [0.15, 0.2) is 0 Å². The van der Waals surface area contributed by atoms with Gasteiger partial charge in [-0.2, -0.15) is 0 Å². The SMILES string of the molecule is C#CCOC[C@H](O)CN1CCN(C(=O)OCC)CC1. The molecule has 19 heavy (non-hydrogen) atoms. The van der Waals surface area contributed by atoms with E-state index in [1.54, 1.807) is 11.8 Å². The monoisotopic (exact) mass is 270 g/mol. The largest absolute Gasteiger partial charge is 0.450 e. The van der Waals surface area contributed by atoms with Crippen molar-refractivity contribution >= 4 is 6.09 Å². The minimum Gasteiger partial charge on any atom is -0.450 e. The summed E-state index contributed by atoms with van der Waals surface area (Å²) in [7, 11) is 0. The lowest BCUT2D eigenvalue weighted by Crippen LogP contribution is -2.50. The normalized spacial score (nSPS) is 17.8. The van der Waals surface area contributed by atoms with Crippen molar-refractivity contribution in [3.63, 3.8) is 0 Å². The maximum Gasteiger partial charge on any atom is 0.409 e. The van der Waals surface area contributed by atoms with E-state index in [1.807, 2.05) is 0 Å². The Bertz CT molecular complexity index is 308. The average molecular weight is 270 g/mol. The molecule has 6 heteroatoms. The summed E-state index contributed by atoms with van der Waals surface area (Å²) in [5, 5.41) is 9.75. The standard InChI is InChI=1S/C13H22N2O4/c1-3-9-18-11-12(16)10-14-5-7-15(8-6-14)13(17)19-4-2/h1,12,16H,4-11H2,2H3/t12-/m1/s1. The van der Waals surface area contributed by atoms with Gasteiger partial charge in [-0.3, -0.25) is 4.90 Å². The number of β-amino-alcohol motifs (C(OH)–C–C–N with tert-alkyl or cyclic N) is 1. The number of carbonyl (C=O) groups excluding carboxylic acids is 1. The molecule has 0 spiro atoms. The third kappa shape index (κ3) is 5.92. The predicted molar refractivity (Wildman–Crippen MR) is 70.7 cm³/mol. The maximum absolute atomic E-state index is 11.5. The summed E-state index contributed by atoms with van der Waals surface area (Å²) in [5.41, 5.74) is 0. The molecular formula is C13H22N2O4. The van der Waals surface area contributed by atoms with Gasteiger partial charge in [-0.05, 0) is 6.92 Å². The van der Waals surface area contributed by atoms with Gasteiger partial charge in [0.05, 0.1) is 19.3 Å². The molecule has 108 valence electrons. The minimum absolute atomic E-state index is 0.216. The van der Waals surface area contributed by atoms with Crippen LogP contribution in [0.2, 0.25) is 0 Å². The van der Waals surface area contributed by atoms with Crippen molar-refractivity contribution in [1.82, 2.24) is 9.80 Å². The fourth-order valence-corrected chi connectivity index (χ4v) is 1.93. The number of carbonyl (C=O) groups is 1. The zero-order valence-corrected chi connectivity index (χ0v) is 11.4. The van der Waals surface area contributed by atoms with E-state index < -0.39 is 6.10 Å². The molecule has 1 amide bonds. The summed E-state index contributed by atoms with van der Waals surface area (Å²) in [5.74, 6) is 2.35. The lowest BCUT2D eigenvalue weighted by Gasteiger charge is -2.34. The molecule has 1 atom stereocenters. The summed E-state index contributed by atoms with van der Waals surface area (Å²) in [4.78, 5) is 15.3. The van der Waals surface area contributed by atoms with E-state index in [0.29, 0.717) is 26.2 Å². The minimum atomic E-state index is -0.553. The van der Waals surface area contributed by atoms with Crippen molar-refractivity contribution in [2.45, 2.75) is 13.0 Å². The van der Waals surface area contributed by atoms with Crippen LogP contribution in [0, 0.1) is 12.3 Å². The summed E-state index contributed by atoms with van der Waals surface area (Å²) < 4.78 is 10.0. The van der Waals surface area contributed by atoms with Gasteiger partial charge < -0.3 is 19.5 Å². The highest BCUT2D eigenvalue weighted by atomic mass is 16.6. The van der Waals surface area contributed by atoms with Crippen LogP contribution in [0.5, 0.6) is 0 Å². The Hall–Kier alpha value is -1.29. The molecule has 0 aromatic heterocycles. The quantitative estimate of drug-likeness (QED) is 0.534. The van der Waals surface area contributed by atoms with Crippen molar-refractivity contribution in [2.24, 2.45) is 0 Å². The first-order valence-electron chi connectivity index (χ1n) is 6.50. The number of terminal acetylenes is 1. The highest BCUT2D eigenvalue weighted by Gasteiger charge is 2.23. The molecule has 6 nitrogen and oxygen atoms in total. The topological polar surface area (TPSA) is 62.2 Å². The third-order valence-electron chi connectivity index (χ3n) is 2.86. The van der Waals surface area contributed by atoms with Crippen LogP contribution in [-0.4, -0.2) is 79.6 Å². The third-order valence-corrected chi connectivity index (χ3v) is 2.86. The van der Waals surface area contributed by atoms with Gasteiger partial charge in [-0.1, -0.05) is 5.92 Å². The second-order valence-corrected chi connectivity index (χ2v) is 4.36. The van der Waals surface area contributed by atoms with Gasteiger partial charge in [0.2, 0.25) is 0 Å². The van der Waals surface area contributed by atoms with Crippen molar-refractivity contribution in [3.8, 4) is 12.3 Å². The number of nitrogens with zero attached hydrogens (tertiary/aromatic N) is 2. The molecule has 0 saturated carbocycles. The number of hydrogen-bond donors (Lipinski definition) is 1. The molecule has 1 aliphatic rings. The van der Waals surface area contributed by atoms with E-state index in [1.165, 1.54) is 0 Å². The first kappa shape index (κ1) is 15.8. The van der Waals surface area contributed by atoms with Crippen molar-refractivity contribution in [1.29, 1.82) is 0 Å². The second-order valence-electron chi connectivity index (χ2n) is 4.36. The van der Waals surface area contributed by atoms with E-state index >= 15 is 0 Å². The van der Waals surface area contributed by atoms with Gasteiger partial charge in [0, 0.05) is 32.7 Å². The van der Waals surface area contributed by atoms with Gasteiger partial charge in [-0.25, -0.2) is 4.79 Å². The highest BCUT2D eigenvalue weighted by molar-refractivity contribution is 5.67. The predicted octanol–water partition coefficient (Wildman–Crippen LogP) is -0.229. The second kappa shape index (κ2) is 8.75. The Morgan fingerprint density at radius 2 is 2.11 bits per heavy atom. The lowest BCUT2D eigenvalue weighted by atomic mass is 10.3. The number of amides is 1. The Kier molecular flexibility index (Phi) is 7.26. The molecule has 0 aromatic carbocycles. The molecular weight excluding hydrogens is 248 g/mol. The fraction of sp³-hybridized carbons (Fsp3) is 0.769. The summed E-state index contributed by atoms with van der Waals surface area (Å²) in [6.07, 6.45) is 4.23. The van der Waals surface area contributed by atoms with E-state index in [0.717, 1.165) is 13.1 Å². The van der Waals surface area contributed by atoms with Crippen molar-refractivity contribution in [2.75, 3.05) is 52.5 Å². The Balaban J connectivity index is 2.19. The molecule has 1 aliphatic heterocycles. The van der Waals surface area contributed by atoms with Crippen molar-refractivity contribution in [3.05, 3.63) is 0 Å². The molecule has 1 rings (SSSR count). The average Bonchev–Trinajstić information content (AvgIpc) is 2.40. The summed E-state index contributed by atoms with van der Waals surface area (Å²) in [6.45, 7) is 5.87. The smallest absolute Gasteiger partial charge is 0.409 e. The van der Waals surface area contributed by atoms with Crippen LogP contribution >= 0.6 is 0 Å². The molecule has 0 unspecified atom stereocenters. The van der Waals surface area contributed by atoms with Gasteiger partial charge in [0.25, 0.3) is 0 Å². The van der Waals surface area contributed by atoms with E-state index in [-0.39, 0.29) is 19.3 Å². The van der Waals surface area contributed by atoms with Crippen LogP contribution in [0.4, 0.5) is 4.79 Å².